The van der Waals surface area contributed by atoms with Crippen LogP contribution in [0.2, 0.25) is 0 Å². The minimum Gasteiger partial charge on any atom is -0.433 e. The van der Waals surface area contributed by atoms with Gasteiger partial charge in [0.1, 0.15) is 5.41 Å². The molecule has 2 rings (SSSR count). The number of hydrogen-bond acceptors (Lipinski definition) is 6. The summed E-state index contributed by atoms with van der Waals surface area (Å²) in [5, 5.41) is 2.18. The molecular weight excluding hydrogens is 318 g/mol. The molecule has 2 heterocycles. The van der Waals surface area contributed by atoms with Gasteiger partial charge >= 0.3 is 12.1 Å². The van der Waals surface area contributed by atoms with E-state index in [0.717, 1.165) is 9.80 Å². The highest BCUT2D eigenvalue weighted by Crippen LogP contribution is 2.31. The summed E-state index contributed by atoms with van der Waals surface area (Å²) in [4.78, 5) is 58.1. The summed E-state index contributed by atoms with van der Waals surface area (Å²) in [6.07, 6.45) is 0.243. The standard InChI is InChI=1S/C9H14N2O3.C6H9NO3/c1-4-9(5-2)6(12)10-8(14)11(3)7(9)13;1-6(2)4(8)7(3)5(9)10-6/h4-5H2,1-3H3,(H,10,12,14);1-3H3. The van der Waals surface area contributed by atoms with Crippen LogP contribution >= 0.6 is 0 Å². The quantitative estimate of drug-likeness (QED) is 0.746. The lowest BCUT2D eigenvalue weighted by Gasteiger charge is -2.36. The van der Waals surface area contributed by atoms with Crippen LogP contribution in [0.15, 0.2) is 0 Å². The summed E-state index contributed by atoms with van der Waals surface area (Å²) in [6, 6.07) is -0.641. The minimum atomic E-state index is -1.05. The van der Waals surface area contributed by atoms with Crippen molar-refractivity contribution in [3.8, 4) is 0 Å². The molecule has 2 aliphatic heterocycles. The molecule has 0 bridgehead atoms. The normalized spacial score (nSPS) is 22.0. The van der Waals surface area contributed by atoms with Gasteiger partial charge < -0.3 is 4.74 Å². The lowest BCUT2D eigenvalue weighted by atomic mass is 9.79. The number of carbonyl (C=O) groups is 5. The van der Waals surface area contributed by atoms with Gasteiger partial charge in [-0.05, 0) is 26.7 Å². The Morgan fingerprint density at radius 2 is 1.42 bits per heavy atom. The van der Waals surface area contributed by atoms with E-state index in [2.05, 4.69) is 5.32 Å². The molecule has 0 aliphatic carbocycles. The largest absolute Gasteiger partial charge is 0.433 e. The van der Waals surface area contributed by atoms with Gasteiger partial charge in [0.05, 0.1) is 0 Å². The van der Waals surface area contributed by atoms with Crippen molar-refractivity contribution >= 4 is 29.8 Å². The maximum Gasteiger partial charge on any atom is 0.417 e. The summed E-state index contributed by atoms with van der Waals surface area (Å²) >= 11 is 0. The number of amides is 6. The zero-order valence-electron chi connectivity index (χ0n) is 14.8. The average Bonchev–Trinajstić information content (AvgIpc) is 2.69. The fourth-order valence-electron chi connectivity index (χ4n) is 2.50. The highest BCUT2D eigenvalue weighted by molar-refractivity contribution is 6.18. The Bertz CT molecular complexity index is 594. The molecule has 0 unspecified atom stereocenters. The predicted molar refractivity (Wildman–Crippen MR) is 82.7 cm³/mol. The second kappa shape index (κ2) is 6.58. The Kier molecular flexibility index (Phi) is 5.37. The molecule has 9 heteroatoms. The Morgan fingerprint density at radius 3 is 1.71 bits per heavy atom. The van der Waals surface area contributed by atoms with Gasteiger partial charge in [0, 0.05) is 14.1 Å². The van der Waals surface area contributed by atoms with Gasteiger partial charge in [-0.15, -0.1) is 0 Å². The van der Waals surface area contributed by atoms with Crippen LogP contribution < -0.4 is 5.32 Å². The third-order valence-electron chi connectivity index (χ3n) is 4.32. The molecule has 2 saturated heterocycles. The number of nitrogens with zero attached hydrogens (tertiary/aromatic N) is 2. The number of nitrogens with one attached hydrogen (secondary N) is 1. The zero-order valence-corrected chi connectivity index (χ0v) is 14.8. The number of imide groups is 3. The number of carbonyl (C=O) groups excluding carboxylic acids is 5. The number of barbiturate groups is 1. The molecule has 2 aliphatic rings. The summed E-state index contributed by atoms with van der Waals surface area (Å²) < 4.78 is 4.71. The molecule has 6 amide bonds. The Morgan fingerprint density at radius 1 is 0.917 bits per heavy atom. The Labute approximate surface area is 140 Å². The second-order valence-corrected chi connectivity index (χ2v) is 6.16. The van der Waals surface area contributed by atoms with Crippen LogP contribution in [0.1, 0.15) is 40.5 Å². The van der Waals surface area contributed by atoms with Crippen molar-refractivity contribution < 1.29 is 28.7 Å². The van der Waals surface area contributed by atoms with E-state index in [4.69, 9.17) is 4.74 Å². The van der Waals surface area contributed by atoms with Gasteiger partial charge in [0.15, 0.2) is 5.60 Å². The number of urea groups is 1. The Balaban J connectivity index is 0.000000254. The first-order valence-electron chi connectivity index (χ1n) is 7.59. The minimum absolute atomic E-state index is 0.294. The molecule has 0 aromatic rings. The smallest absolute Gasteiger partial charge is 0.417 e. The predicted octanol–water partition coefficient (Wildman–Crippen LogP) is 0.875. The van der Waals surface area contributed by atoms with E-state index in [0.29, 0.717) is 12.8 Å². The van der Waals surface area contributed by atoms with E-state index < -0.39 is 35.0 Å². The first kappa shape index (κ1) is 19.6. The second-order valence-electron chi connectivity index (χ2n) is 6.16. The van der Waals surface area contributed by atoms with E-state index >= 15 is 0 Å². The van der Waals surface area contributed by atoms with Crippen LogP contribution in [0.4, 0.5) is 9.59 Å². The molecular formula is C15H23N3O6. The van der Waals surface area contributed by atoms with Crippen molar-refractivity contribution in [1.29, 1.82) is 0 Å². The number of cyclic esters (lactones) is 1. The summed E-state index contributed by atoms with van der Waals surface area (Å²) in [7, 11) is 2.78. The molecule has 0 aromatic heterocycles. The zero-order chi connectivity index (χ0) is 18.9. The topological polar surface area (TPSA) is 113 Å². The van der Waals surface area contributed by atoms with Crippen LogP contribution in [0.5, 0.6) is 0 Å². The van der Waals surface area contributed by atoms with E-state index in [1.807, 2.05) is 0 Å². The van der Waals surface area contributed by atoms with Crippen LogP contribution in [-0.4, -0.2) is 59.3 Å². The van der Waals surface area contributed by atoms with Gasteiger partial charge in [0.25, 0.3) is 5.91 Å². The molecule has 24 heavy (non-hydrogen) atoms. The van der Waals surface area contributed by atoms with Gasteiger partial charge in [-0.1, -0.05) is 13.8 Å². The third-order valence-corrected chi connectivity index (χ3v) is 4.32. The van der Waals surface area contributed by atoms with Crippen LogP contribution in [0.3, 0.4) is 0 Å². The van der Waals surface area contributed by atoms with Gasteiger partial charge in [-0.25, -0.2) is 14.5 Å². The Hall–Kier alpha value is -2.45. The molecule has 0 saturated carbocycles. The number of ether oxygens (including phenoxy) is 1. The van der Waals surface area contributed by atoms with Gasteiger partial charge in [-0.2, -0.15) is 0 Å². The first-order valence-corrected chi connectivity index (χ1v) is 7.59. The lowest BCUT2D eigenvalue weighted by molar-refractivity contribution is -0.151. The van der Waals surface area contributed by atoms with Crippen LogP contribution in [0.25, 0.3) is 0 Å². The highest BCUT2D eigenvalue weighted by Gasteiger charge is 2.50. The average molecular weight is 341 g/mol. The number of rotatable bonds is 2. The number of hydrogen-bond donors (Lipinski definition) is 1. The van der Waals surface area contributed by atoms with Crippen molar-refractivity contribution in [1.82, 2.24) is 15.1 Å². The SMILES string of the molecule is CCC1(CC)C(=O)NC(=O)N(C)C1=O.CN1C(=O)OC(C)(C)C1=O. The van der Waals surface area contributed by atoms with Crippen LogP contribution in [0, 0.1) is 5.41 Å². The monoisotopic (exact) mass is 341 g/mol. The van der Waals surface area contributed by atoms with E-state index in [1.165, 1.54) is 14.1 Å². The molecule has 0 aromatic carbocycles. The van der Waals surface area contributed by atoms with Crippen LogP contribution in [-0.2, 0) is 19.1 Å². The fourth-order valence-corrected chi connectivity index (χ4v) is 2.50. The maximum absolute atomic E-state index is 11.8. The fraction of sp³-hybridized carbons (Fsp3) is 0.667. The summed E-state index contributed by atoms with van der Waals surface area (Å²) in [5.74, 6) is -1.18. The van der Waals surface area contributed by atoms with E-state index in [9.17, 15) is 24.0 Å². The van der Waals surface area contributed by atoms with E-state index in [-0.39, 0.29) is 5.91 Å². The lowest BCUT2D eigenvalue weighted by Crippen LogP contribution is -2.62. The first-order chi connectivity index (χ1) is 10.9. The van der Waals surface area contributed by atoms with E-state index in [1.54, 1.807) is 27.7 Å². The highest BCUT2D eigenvalue weighted by atomic mass is 16.6. The molecule has 0 spiro atoms. The van der Waals surface area contributed by atoms with Crippen molar-refractivity contribution in [2.24, 2.45) is 5.41 Å². The summed E-state index contributed by atoms with van der Waals surface area (Å²) in [5.41, 5.74) is -2.02. The van der Waals surface area contributed by atoms with Crippen molar-refractivity contribution in [2.75, 3.05) is 14.1 Å². The molecule has 2 fully saturated rings. The molecule has 9 nitrogen and oxygen atoms in total. The molecule has 0 radical (unpaired) electrons. The van der Waals surface area contributed by atoms with Gasteiger partial charge in [0.2, 0.25) is 11.8 Å². The van der Waals surface area contributed by atoms with Crippen molar-refractivity contribution in [3.63, 3.8) is 0 Å². The molecule has 0 atom stereocenters. The van der Waals surface area contributed by atoms with Gasteiger partial charge in [-0.3, -0.25) is 24.6 Å². The summed E-state index contributed by atoms with van der Waals surface area (Å²) in [6.45, 7) is 6.67. The molecule has 134 valence electrons. The van der Waals surface area contributed by atoms with Crippen molar-refractivity contribution in [3.05, 3.63) is 0 Å². The number of likely N-dealkylation sites (N-methyl/N-ethyl adjacent to an activating group) is 1. The molecule has 1 N–H and O–H groups in total. The van der Waals surface area contributed by atoms with Crippen molar-refractivity contribution in [2.45, 2.75) is 46.1 Å². The third kappa shape index (κ3) is 3.10. The maximum atomic E-state index is 11.8.